The maximum absolute atomic E-state index is 11.8. The van der Waals surface area contributed by atoms with Crippen molar-refractivity contribution in [1.82, 2.24) is 15.8 Å². The third kappa shape index (κ3) is 4.77. The largest absolute Gasteiger partial charge is 0.357 e. The molecule has 2 aromatic rings. The number of benzene rings is 1. The van der Waals surface area contributed by atoms with Gasteiger partial charge in [-0.2, -0.15) is 0 Å². The predicted octanol–water partition coefficient (Wildman–Crippen LogP) is 2.22. The highest BCUT2D eigenvalue weighted by atomic mass is 16.2. The third-order valence-electron chi connectivity index (χ3n) is 3.19. The Morgan fingerprint density at radius 1 is 1.05 bits per heavy atom. The highest BCUT2D eigenvalue weighted by Gasteiger charge is 2.08. The first-order valence-electron chi connectivity index (χ1n) is 7.35. The number of carbonyl (C=O) groups is 2. The fourth-order valence-corrected chi connectivity index (χ4v) is 2.16. The molecule has 3 N–H and O–H groups in total. The summed E-state index contributed by atoms with van der Waals surface area (Å²) in [7, 11) is 0. The lowest BCUT2D eigenvalue weighted by atomic mass is 10.0. The predicted molar refractivity (Wildman–Crippen MR) is 85.1 cm³/mol. The molecular formula is C17H21N3O2. The van der Waals surface area contributed by atoms with Crippen molar-refractivity contribution in [2.75, 3.05) is 0 Å². The zero-order valence-corrected chi connectivity index (χ0v) is 12.8. The normalized spacial score (nSPS) is 10.5. The minimum Gasteiger partial charge on any atom is -0.357 e. The minimum absolute atomic E-state index is 0.229. The summed E-state index contributed by atoms with van der Waals surface area (Å²) in [6.45, 7) is 4.35. The van der Waals surface area contributed by atoms with Crippen LogP contribution in [0.25, 0.3) is 0 Å². The summed E-state index contributed by atoms with van der Waals surface area (Å²) in [5.41, 5.74) is 7.36. The molecule has 1 aromatic heterocycles. The van der Waals surface area contributed by atoms with E-state index >= 15 is 0 Å². The molecular weight excluding hydrogens is 278 g/mol. The monoisotopic (exact) mass is 299 g/mol. The van der Waals surface area contributed by atoms with E-state index in [2.05, 4.69) is 29.7 Å². The molecule has 0 saturated heterocycles. The van der Waals surface area contributed by atoms with Crippen molar-refractivity contribution in [1.29, 1.82) is 0 Å². The Labute approximate surface area is 130 Å². The summed E-state index contributed by atoms with van der Waals surface area (Å²) in [5.74, 6) is -0.0144. The number of aromatic nitrogens is 1. The summed E-state index contributed by atoms with van der Waals surface area (Å²) in [5, 5.41) is 0. The topological polar surface area (TPSA) is 74.0 Å². The van der Waals surface area contributed by atoms with E-state index in [9.17, 15) is 9.59 Å². The van der Waals surface area contributed by atoms with Crippen LogP contribution in [0.4, 0.5) is 0 Å². The first-order valence-corrected chi connectivity index (χ1v) is 7.35. The van der Waals surface area contributed by atoms with Crippen LogP contribution in [-0.2, 0) is 17.6 Å². The average molecular weight is 299 g/mol. The Morgan fingerprint density at radius 3 is 2.32 bits per heavy atom. The number of H-pyrrole nitrogens is 1. The molecule has 1 aromatic carbocycles. The lowest BCUT2D eigenvalue weighted by molar-refractivity contribution is -0.121. The van der Waals surface area contributed by atoms with Crippen LogP contribution >= 0.6 is 0 Å². The minimum atomic E-state index is -0.370. The molecule has 2 rings (SSSR count). The second kappa shape index (κ2) is 7.45. The molecule has 0 unspecified atom stereocenters. The average Bonchev–Trinajstić information content (AvgIpc) is 3.00. The fourth-order valence-electron chi connectivity index (χ4n) is 2.16. The van der Waals surface area contributed by atoms with Gasteiger partial charge in [-0.15, -0.1) is 0 Å². The summed E-state index contributed by atoms with van der Waals surface area (Å²) in [4.78, 5) is 26.2. The van der Waals surface area contributed by atoms with E-state index in [4.69, 9.17) is 0 Å². The van der Waals surface area contributed by atoms with E-state index < -0.39 is 0 Å². The summed E-state index contributed by atoms with van der Waals surface area (Å²) in [6, 6.07) is 11.3. The lowest BCUT2D eigenvalue weighted by Crippen LogP contribution is -2.42. The number of carbonyl (C=O) groups excluding carboxylic acids is 2. The molecule has 0 atom stereocenters. The Morgan fingerprint density at radius 2 is 1.73 bits per heavy atom. The highest BCUT2D eigenvalue weighted by molar-refractivity contribution is 5.93. The van der Waals surface area contributed by atoms with E-state index in [1.54, 1.807) is 18.3 Å². The van der Waals surface area contributed by atoms with Gasteiger partial charge in [0.05, 0.1) is 6.42 Å². The van der Waals surface area contributed by atoms with E-state index in [0.29, 0.717) is 11.6 Å². The number of rotatable bonds is 5. The van der Waals surface area contributed by atoms with Gasteiger partial charge in [0.25, 0.3) is 5.91 Å². The van der Waals surface area contributed by atoms with Gasteiger partial charge in [-0.3, -0.25) is 20.4 Å². The van der Waals surface area contributed by atoms with Crippen molar-refractivity contribution < 1.29 is 9.59 Å². The molecule has 0 spiro atoms. The van der Waals surface area contributed by atoms with Crippen molar-refractivity contribution in [3.8, 4) is 0 Å². The number of hydrogen-bond acceptors (Lipinski definition) is 2. The number of nitrogens with one attached hydrogen (secondary N) is 3. The molecule has 0 saturated carbocycles. The van der Waals surface area contributed by atoms with Crippen LogP contribution in [0.15, 0.2) is 42.6 Å². The van der Waals surface area contributed by atoms with Crippen LogP contribution < -0.4 is 10.9 Å². The number of hydrazine groups is 1. The molecule has 1 heterocycles. The molecule has 22 heavy (non-hydrogen) atoms. The van der Waals surface area contributed by atoms with Crippen LogP contribution in [-0.4, -0.2) is 16.8 Å². The van der Waals surface area contributed by atoms with Crippen LogP contribution in [0.2, 0.25) is 0 Å². The number of aromatic amines is 1. The number of amides is 2. The SMILES string of the molecule is CC(C)Cc1ccc(CC(=O)NNC(=O)c2ccc[nH]2)cc1. The first kappa shape index (κ1) is 15.8. The van der Waals surface area contributed by atoms with Gasteiger partial charge in [-0.1, -0.05) is 38.1 Å². The maximum Gasteiger partial charge on any atom is 0.286 e. The molecule has 5 heteroatoms. The molecule has 0 bridgehead atoms. The van der Waals surface area contributed by atoms with Gasteiger partial charge in [-0.05, 0) is 35.6 Å². The fraction of sp³-hybridized carbons (Fsp3) is 0.294. The van der Waals surface area contributed by atoms with Gasteiger partial charge >= 0.3 is 0 Å². The first-order chi connectivity index (χ1) is 10.5. The quantitative estimate of drug-likeness (QED) is 0.741. The second-order valence-electron chi connectivity index (χ2n) is 5.68. The summed E-state index contributed by atoms with van der Waals surface area (Å²) in [6.07, 6.45) is 2.90. The van der Waals surface area contributed by atoms with E-state index in [1.165, 1.54) is 5.56 Å². The van der Waals surface area contributed by atoms with Gasteiger partial charge in [-0.25, -0.2) is 0 Å². The van der Waals surface area contributed by atoms with Gasteiger partial charge < -0.3 is 4.98 Å². The van der Waals surface area contributed by atoms with Crippen molar-refractivity contribution in [2.24, 2.45) is 5.92 Å². The zero-order valence-electron chi connectivity index (χ0n) is 12.8. The Hall–Kier alpha value is -2.56. The Balaban J connectivity index is 1.80. The molecule has 0 aliphatic carbocycles. The molecule has 0 aliphatic rings. The van der Waals surface area contributed by atoms with E-state index in [0.717, 1.165) is 12.0 Å². The van der Waals surface area contributed by atoms with Gasteiger partial charge in [0, 0.05) is 6.20 Å². The maximum atomic E-state index is 11.8. The summed E-state index contributed by atoms with van der Waals surface area (Å²) >= 11 is 0. The molecule has 0 radical (unpaired) electrons. The Bertz CT molecular complexity index is 616. The molecule has 116 valence electrons. The molecule has 2 amide bonds. The standard InChI is InChI=1S/C17H21N3O2/c1-12(2)10-13-5-7-14(8-6-13)11-16(21)19-20-17(22)15-4-3-9-18-15/h3-9,12,18H,10-11H2,1-2H3,(H,19,21)(H,20,22). The van der Waals surface area contributed by atoms with Crippen LogP contribution in [0.5, 0.6) is 0 Å². The van der Waals surface area contributed by atoms with Crippen LogP contribution in [0.3, 0.4) is 0 Å². The van der Waals surface area contributed by atoms with Crippen LogP contribution in [0, 0.1) is 5.92 Å². The van der Waals surface area contributed by atoms with Crippen molar-refractivity contribution in [3.05, 3.63) is 59.4 Å². The Kier molecular flexibility index (Phi) is 5.36. The molecule has 0 fully saturated rings. The van der Waals surface area contributed by atoms with Crippen molar-refractivity contribution >= 4 is 11.8 Å². The van der Waals surface area contributed by atoms with E-state index in [-0.39, 0.29) is 18.2 Å². The van der Waals surface area contributed by atoms with Gasteiger partial charge in [0.1, 0.15) is 5.69 Å². The molecule has 0 aliphatic heterocycles. The van der Waals surface area contributed by atoms with Crippen molar-refractivity contribution in [3.63, 3.8) is 0 Å². The van der Waals surface area contributed by atoms with Crippen molar-refractivity contribution in [2.45, 2.75) is 26.7 Å². The smallest absolute Gasteiger partial charge is 0.286 e. The highest BCUT2D eigenvalue weighted by Crippen LogP contribution is 2.10. The second-order valence-corrected chi connectivity index (χ2v) is 5.68. The van der Waals surface area contributed by atoms with Gasteiger partial charge in [0.2, 0.25) is 5.91 Å². The van der Waals surface area contributed by atoms with Crippen LogP contribution in [0.1, 0.15) is 35.5 Å². The summed E-state index contributed by atoms with van der Waals surface area (Å²) < 4.78 is 0. The van der Waals surface area contributed by atoms with E-state index in [1.807, 2.05) is 24.3 Å². The zero-order chi connectivity index (χ0) is 15.9. The lowest BCUT2D eigenvalue weighted by Gasteiger charge is -2.08. The molecule has 5 nitrogen and oxygen atoms in total. The third-order valence-corrected chi connectivity index (χ3v) is 3.19. The number of hydrogen-bond donors (Lipinski definition) is 3. The van der Waals surface area contributed by atoms with Gasteiger partial charge in [0.15, 0.2) is 0 Å².